The second kappa shape index (κ2) is 4.04. The van der Waals surface area contributed by atoms with Crippen LogP contribution in [-0.2, 0) is 15.1 Å². The molecule has 1 saturated heterocycles. The number of amides is 1. The van der Waals surface area contributed by atoms with E-state index in [9.17, 15) is 14.7 Å². The molecule has 0 aromatic carbocycles. The predicted octanol–water partition coefficient (Wildman–Crippen LogP) is 0.834. The number of hydrogen-bond donors (Lipinski definition) is 1. The van der Waals surface area contributed by atoms with E-state index in [4.69, 9.17) is 4.74 Å². The summed E-state index contributed by atoms with van der Waals surface area (Å²) in [6.07, 6.45) is 2.38. The Morgan fingerprint density at radius 3 is 2.88 bits per heavy atom. The van der Waals surface area contributed by atoms with Crippen molar-refractivity contribution in [1.29, 1.82) is 0 Å². The molecule has 1 aromatic heterocycles. The lowest BCUT2D eigenvalue weighted by atomic mass is 9.92. The quantitative estimate of drug-likeness (QED) is 0.840. The van der Waals surface area contributed by atoms with Gasteiger partial charge in [-0.25, -0.2) is 9.59 Å². The third kappa shape index (κ3) is 1.71. The fraction of sp³-hybridized carbons (Fsp3) is 0.364. The number of cyclic esters (lactones) is 1. The summed E-state index contributed by atoms with van der Waals surface area (Å²) in [6.45, 7) is 1.94. The summed E-state index contributed by atoms with van der Waals surface area (Å²) >= 11 is 0. The number of rotatable bonds is 3. The van der Waals surface area contributed by atoms with Gasteiger partial charge in [0.2, 0.25) is 0 Å². The molecule has 2 rings (SSSR count). The van der Waals surface area contributed by atoms with Crippen LogP contribution in [0.25, 0.3) is 0 Å². The van der Waals surface area contributed by atoms with Crippen LogP contribution < -0.4 is 0 Å². The topological polar surface area (TPSA) is 79.7 Å². The number of aromatic nitrogens is 1. The van der Waals surface area contributed by atoms with Gasteiger partial charge >= 0.3 is 12.1 Å². The van der Waals surface area contributed by atoms with E-state index >= 15 is 0 Å². The Bertz CT molecular complexity index is 448. The largest absolute Gasteiger partial charge is 0.479 e. The standard InChI is InChI=1S/C11H12N2O4/c1-11(9(14)15,8-3-2-4-12-7-8)13-5-6-17-10(13)16/h2-4,7H,5-6H2,1H3,(H,14,15). The maximum absolute atomic E-state index is 11.5. The van der Waals surface area contributed by atoms with Gasteiger partial charge < -0.3 is 9.84 Å². The van der Waals surface area contributed by atoms with Crippen LogP contribution in [-0.4, -0.2) is 40.2 Å². The van der Waals surface area contributed by atoms with E-state index in [1.165, 1.54) is 18.0 Å². The minimum absolute atomic E-state index is 0.210. The molecule has 6 nitrogen and oxygen atoms in total. The van der Waals surface area contributed by atoms with Gasteiger partial charge in [-0.3, -0.25) is 9.88 Å². The van der Waals surface area contributed by atoms with Crippen molar-refractivity contribution in [2.24, 2.45) is 0 Å². The molecule has 0 spiro atoms. The van der Waals surface area contributed by atoms with Crippen molar-refractivity contribution < 1.29 is 19.4 Å². The zero-order chi connectivity index (χ0) is 12.5. The Labute approximate surface area is 97.8 Å². The molecule has 1 amide bonds. The zero-order valence-corrected chi connectivity index (χ0v) is 9.29. The molecule has 0 aliphatic carbocycles. The smallest absolute Gasteiger partial charge is 0.411 e. The van der Waals surface area contributed by atoms with Crippen molar-refractivity contribution in [2.75, 3.05) is 13.2 Å². The van der Waals surface area contributed by atoms with Crippen LogP contribution in [0.5, 0.6) is 0 Å². The number of carbonyl (C=O) groups excluding carboxylic acids is 1. The van der Waals surface area contributed by atoms with Gasteiger partial charge in [-0.2, -0.15) is 0 Å². The summed E-state index contributed by atoms with van der Waals surface area (Å²) in [5, 5.41) is 9.39. The van der Waals surface area contributed by atoms with Crippen LogP contribution in [0, 0.1) is 0 Å². The van der Waals surface area contributed by atoms with E-state index in [2.05, 4.69) is 4.98 Å². The summed E-state index contributed by atoms with van der Waals surface area (Å²) in [4.78, 5) is 28.1. The van der Waals surface area contributed by atoms with Crippen molar-refractivity contribution >= 4 is 12.1 Å². The van der Waals surface area contributed by atoms with Gasteiger partial charge in [0.25, 0.3) is 0 Å². The lowest BCUT2D eigenvalue weighted by Crippen LogP contribution is -2.50. The van der Waals surface area contributed by atoms with Gasteiger partial charge in [-0.15, -0.1) is 0 Å². The van der Waals surface area contributed by atoms with Crippen molar-refractivity contribution in [1.82, 2.24) is 9.88 Å². The number of carboxylic acid groups (broad SMARTS) is 1. The molecule has 6 heteroatoms. The highest BCUT2D eigenvalue weighted by atomic mass is 16.6. The van der Waals surface area contributed by atoms with Gasteiger partial charge in [0.1, 0.15) is 6.61 Å². The first-order chi connectivity index (χ1) is 8.06. The molecule has 1 N–H and O–H groups in total. The van der Waals surface area contributed by atoms with Crippen molar-refractivity contribution in [3.05, 3.63) is 30.1 Å². The Balaban J connectivity index is 2.46. The lowest BCUT2D eigenvalue weighted by Gasteiger charge is -2.32. The van der Waals surface area contributed by atoms with Gasteiger partial charge in [-0.1, -0.05) is 6.07 Å². The van der Waals surface area contributed by atoms with Crippen LogP contribution >= 0.6 is 0 Å². The monoisotopic (exact) mass is 236 g/mol. The number of carboxylic acids is 1. The highest BCUT2D eigenvalue weighted by Gasteiger charge is 2.47. The first kappa shape index (κ1) is 11.4. The number of pyridine rings is 1. The first-order valence-corrected chi connectivity index (χ1v) is 5.15. The van der Waals surface area contributed by atoms with Crippen LogP contribution in [0.3, 0.4) is 0 Å². The van der Waals surface area contributed by atoms with Gasteiger partial charge in [0.05, 0.1) is 6.54 Å². The van der Waals surface area contributed by atoms with Crippen LogP contribution in [0.4, 0.5) is 4.79 Å². The molecule has 1 unspecified atom stereocenters. The second-order valence-electron chi connectivity index (χ2n) is 3.89. The van der Waals surface area contributed by atoms with Crippen LogP contribution in [0.15, 0.2) is 24.5 Å². The summed E-state index contributed by atoms with van der Waals surface area (Å²) in [7, 11) is 0. The molecule has 17 heavy (non-hydrogen) atoms. The SMILES string of the molecule is CC(C(=O)O)(c1cccnc1)N1CCOC1=O. The molecule has 1 aliphatic rings. The molecule has 2 heterocycles. The molecule has 1 aliphatic heterocycles. The molecule has 0 bridgehead atoms. The van der Waals surface area contributed by atoms with Crippen molar-refractivity contribution in [3.63, 3.8) is 0 Å². The van der Waals surface area contributed by atoms with E-state index < -0.39 is 17.6 Å². The summed E-state index contributed by atoms with van der Waals surface area (Å²) in [5.41, 5.74) is -0.992. The first-order valence-electron chi connectivity index (χ1n) is 5.15. The highest BCUT2D eigenvalue weighted by Crippen LogP contribution is 2.30. The van der Waals surface area contributed by atoms with Gasteiger partial charge in [-0.05, 0) is 13.0 Å². The third-order valence-corrected chi connectivity index (χ3v) is 2.94. The summed E-state index contributed by atoms with van der Waals surface area (Å²) < 4.78 is 4.79. The molecule has 1 fully saturated rings. The van der Waals surface area contributed by atoms with E-state index in [1.807, 2.05) is 0 Å². The average Bonchev–Trinajstić information content (AvgIpc) is 2.76. The highest BCUT2D eigenvalue weighted by molar-refractivity contribution is 5.86. The molecular weight excluding hydrogens is 224 g/mol. The Kier molecular flexibility index (Phi) is 2.71. The maximum atomic E-state index is 11.5. The van der Waals surface area contributed by atoms with Crippen molar-refractivity contribution in [2.45, 2.75) is 12.5 Å². The number of nitrogens with zero attached hydrogens (tertiary/aromatic N) is 2. The minimum atomic E-state index is -1.44. The predicted molar refractivity (Wildman–Crippen MR) is 57.3 cm³/mol. The Hall–Kier alpha value is -2.11. The number of aliphatic carboxylic acids is 1. The van der Waals surface area contributed by atoms with E-state index in [0.29, 0.717) is 5.56 Å². The molecule has 1 aromatic rings. The molecular formula is C11H12N2O4. The molecule has 0 saturated carbocycles. The summed E-state index contributed by atoms with van der Waals surface area (Å²) in [5.74, 6) is -1.11. The van der Waals surface area contributed by atoms with Gasteiger partial charge in [0, 0.05) is 18.0 Å². The molecule has 1 atom stereocenters. The van der Waals surface area contributed by atoms with Gasteiger partial charge in [0.15, 0.2) is 5.54 Å². The zero-order valence-electron chi connectivity index (χ0n) is 9.29. The third-order valence-electron chi connectivity index (χ3n) is 2.94. The lowest BCUT2D eigenvalue weighted by molar-refractivity contribution is -0.149. The van der Waals surface area contributed by atoms with E-state index in [-0.39, 0.29) is 13.2 Å². The Morgan fingerprint density at radius 2 is 2.41 bits per heavy atom. The van der Waals surface area contributed by atoms with Crippen LogP contribution in [0.2, 0.25) is 0 Å². The molecule has 90 valence electrons. The molecule has 0 radical (unpaired) electrons. The summed E-state index contributed by atoms with van der Waals surface area (Å²) in [6, 6.07) is 3.27. The second-order valence-corrected chi connectivity index (χ2v) is 3.89. The fourth-order valence-electron chi connectivity index (χ4n) is 1.85. The number of carbonyl (C=O) groups is 2. The minimum Gasteiger partial charge on any atom is -0.479 e. The normalized spacial score (nSPS) is 18.6. The Morgan fingerprint density at radius 1 is 1.65 bits per heavy atom. The van der Waals surface area contributed by atoms with E-state index in [1.54, 1.807) is 18.3 Å². The maximum Gasteiger partial charge on any atom is 0.411 e. The van der Waals surface area contributed by atoms with Crippen LogP contribution in [0.1, 0.15) is 12.5 Å². The fourth-order valence-corrected chi connectivity index (χ4v) is 1.85. The average molecular weight is 236 g/mol. The van der Waals surface area contributed by atoms with E-state index in [0.717, 1.165) is 0 Å². The number of hydrogen-bond acceptors (Lipinski definition) is 4. The number of ether oxygens (including phenoxy) is 1. The van der Waals surface area contributed by atoms with Crippen molar-refractivity contribution in [3.8, 4) is 0 Å².